The van der Waals surface area contributed by atoms with Gasteiger partial charge in [0.2, 0.25) is 5.89 Å². The van der Waals surface area contributed by atoms with Crippen LogP contribution >= 0.6 is 0 Å². The van der Waals surface area contributed by atoms with E-state index >= 15 is 0 Å². The van der Waals surface area contributed by atoms with Crippen LogP contribution in [0.2, 0.25) is 0 Å². The van der Waals surface area contributed by atoms with E-state index in [4.69, 9.17) is 9.15 Å². The summed E-state index contributed by atoms with van der Waals surface area (Å²) in [5, 5.41) is 11.5. The highest BCUT2D eigenvalue weighted by atomic mass is 16.5. The lowest BCUT2D eigenvalue weighted by atomic mass is 10.1. The first-order valence-electron chi connectivity index (χ1n) is 10.2. The van der Waals surface area contributed by atoms with E-state index in [1.165, 1.54) is 12.8 Å². The number of amides is 1. The number of carbonyl (C=O) groups is 1. The molecular formula is C23H25N3O3. The van der Waals surface area contributed by atoms with E-state index in [1.807, 2.05) is 61.5 Å². The second kappa shape index (κ2) is 8.90. The average molecular weight is 391 g/mol. The summed E-state index contributed by atoms with van der Waals surface area (Å²) in [6, 6.07) is 17.3. The van der Waals surface area contributed by atoms with Gasteiger partial charge in [-0.3, -0.25) is 4.79 Å². The van der Waals surface area contributed by atoms with Gasteiger partial charge in [-0.15, -0.1) is 10.2 Å². The van der Waals surface area contributed by atoms with Gasteiger partial charge in [0.15, 0.2) is 6.10 Å². The zero-order valence-corrected chi connectivity index (χ0v) is 16.5. The first-order valence-corrected chi connectivity index (χ1v) is 10.2. The quantitative estimate of drug-likeness (QED) is 0.636. The fraction of sp³-hybridized carbons (Fsp3) is 0.348. The van der Waals surface area contributed by atoms with Crippen molar-refractivity contribution < 1.29 is 13.9 Å². The number of ether oxygens (including phenoxy) is 1. The fourth-order valence-electron chi connectivity index (χ4n) is 3.62. The van der Waals surface area contributed by atoms with Crippen molar-refractivity contribution in [2.45, 2.75) is 51.2 Å². The monoisotopic (exact) mass is 391 g/mol. The highest BCUT2D eigenvalue weighted by molar-refractivity contribution is 5.81. The van der Waals surface area contributed by atoms with E-state index in [2.05, 4.69) is 15.5 Å². The van der Waals surface area contributed by atoms with Gasteiger partial charge in [-0.2, -0.15) is 0 Å². The molecular weight excluding hydrogens is 366 g/mol. The maximum absolute atomic E-state index is 12.7. The number of aromatic nitrogens is 2. The number of benzene rings is 2. The Morgan fingerprint density at radius 2 is 1.76 bits per heavy atom. The zero-order chi connectivity index (χ0) is 20.1. The molecule has 1 N–H and O–H groups in total. The molecule has 1 fully saturated rings. The average Bonchev–Trinajstić information content (AvgIpc) is 3.45. The lowest BCUT2D eigenvalue weighted by Gasteiger charge is -2.21. The largest absolute Gasteiger partial charge is 0.480 e. The minimum Gasteiger partial charge on any atom is -0.480 e. The van der Waals surface area contributed by atoms with Gasteiger partial charge in [-0.1, -0.05) is 50.1 Å². The molecule has 0 spiro atoms. The van der Waals surface area contributed by atoms with Gasteiger partial charge in [0.1, 0.15) is 5.75 Å². The normalized spacial score (nSPS) is 15.2. The van der Waals surface area contributed by atoms with Crippen molar-refractivity contribution in [1.29, 1.82) is 0 Å². The van der Waals surface area contributed by atoms with Crippen LogP contribution in [0.3, 0.4) is 0 Å². The van der Waals surface area contributed by atoms with Gasteiger partial charge in [-0.05, 0) is 43.5 Å². The molecule has 1 amide bonds. The van der Waals surface area contributed by atoms with Crippen LogP contribution in [-0.4, -0.2) is 28.3 Å². The van der Waals surface area contributed by atoms with E-state index < -0.39 is 6.10 Å². The van der Waals surface area contributed by atoms with Crippen molar-refractivity contribution in [1.82, 2.24) is 15.5 Å². The Hall–Kier alpha value is -3.15. The van der Waals surface area contributed by atoms with Crippen molar-refractivity contribution in [2.24, 2.45) is 0 Å². The summed E-state index contributed by atoms with van der Waals surface area (Å²) in [5.74, 6) is 1.31. The summed E-state index contributed by atoms with van der Waals surface area (Å²) in [6.07, 6.45) is 4.45. The summed E-state index contributed by atoms with van der Waals surface area (Å²) in [6.45, 7) is 1.95. The predicted molar refractivity (Wildman–Crippen MR) is 110 cm³/mol. The van der Waals surface area contributed by atoms with Crippen LogP contribution in [0.5, 0.6) is 5.75 Å². The second-order valence-corrected chi connectivity index (χ2v) is 7.28. The van der Waals surface area contributed by atoms with Crippen molar-refractivity contribution in [2.75, 3.05) is 0 Å². The number of carbonyl (C=O) groups excluding carboxylic acids is 1. The summed E-state index contributed by atoms with van der Waals surface area (Å²) in [4.78, 5) is 12.7. The molecule has 1 heterocycles. The Labute approximate surface area is 170 Å². The molecule has 1 aromatic heterocycles. The van der Waals surface area contributed by atoms with Gasteiger partial charge in [0.05, 0.1) is 5.56 Å². The highest BCUT2D eigenvalue weighted by Crippen LogP contribution is 2.32. The Morgan fingerprint density at radius 3 is 2.52 bits per heavy atom. The van der Waals surface area contributed by atoms with Gasteiger partial charge in [0, 0.05) is 11.6 Å². The predicted octanol–water partition coefficient (Wildman–Crippen LogP) is 4.62. The molecule has 3 aromatic rings. The number of nitrogens with one attached hydrogen (secondary N) is 1. The SMILES string of the molecule is CC[C@H](Oc1ccccc1-c1nnc(-c2ccccc2)o1)C(=O)NC1CCCC1. The molecule has 2 aromatic carbocycles. The molecule has 29 heavy (non-hydrogen) atoms. The number of para-hydroxylation sites is 1. The van der Waals surface area contributed by atoms with E-state index in [0.29, 0.717) is 29.5 Å². The minimum absolute atomic E-state index is 0.0651. The molecule has 0 unspecified atom stereocenters. The Kier molecular flexibility index (Phi) is 5.89. The maximum Gasteiger partial charge on any atom is 0.261 e. The maximum atomic E-state index is 12.7. The van der Waals surface area contributed by atoms with Crippen LogP contribution in [0.25, 0.3) is 22.9 Å². The van der Waals surface area contributed by atoms with E-state index in [0.717, 1.165) is 18.4 Å². The summed E-state index contributed by atoms with van der Waals surface area (Å²) >= 11 is 0. The number of nitrogens with zero attached hydrogens (tertiary/aromatic N) is 2. The molecule has 1 aliphatic rings. The topological polar surface area (TPSA) is 77.2 Å². The van der Waals surface area contributed by atoms with Gasteiger partial charge < -0.3 is 14.5 Å². The molecule has 1 saturated carbocycles. The summed E-state index contributed by atoms with van der Waals surface area (Å²) in [5.41, 5.74) is 1.53. The van der Waals surface area contributed by atoms with Crippen LogP contribution in [0.15, 0.2) is 59.0 Å². The van der Waals surface area contributed by atoms with Crippen molar-refractivity contribution in [3.05, 3.63) is 54.6 Å². The van der Waals surface area contributed by atoms with Crippen molar-refractivity contribution in [3.8, 4) is 28.7 Å². The van der Waals surface area contributed by atoms with E-state index in [-0.39, 0.29) is 11.9 Å². The first-order chi connectivity index (χ1) is 14.2. The Bertz CT molecular complexity index is 949. The third-order valence-electron chi connectivity index (χ3n) is 5.20. The van der Waals surface area contributed by atoms with Gasteiger partial charge in [-0.25, -0.2) is 0 Å². The molecule has 1 aliphatic carbocycles. The third-order valence-corrected chi connectivity index (χ3v) is 5.20. The standard InChI is InChI=1S/C23H25N3O3/c1-2-19(21(27)24-17-12-6-7-13-17)28-20-15-9-8-14-18(20)23-26-25-22(29-23)16-10-4-3-5-11-16/h3-5,8-11,14-15,17,19H,2,6-7,12-13H2,1H3,(H,24,27)/t19-/m0/s1. The number of hydrogen-bond acceptors (Lipinski definition) is 5. The number of rotatable bonds is 7. The molecule has 150 valence electrons. The van der Waals surface area contributed by atoms with Gasteiger partial charge >= 0.3 is 0 Å². The second-order valence-electron chi connectivity index (χ2n) is 7.28. The molecule has 4 rings (SSSR count). The molecule has 0 radical (unpaired) electrons. The summed E-state index contributed by atoms with van der Waals surface area (Å²) in [7, 11) is 0. The molecule has 1 atom stereocenters. The van der Waals surface area contributed by atoms with Crippen molar-refractivity contribution >= 4 is 5.91 Å². The summed E-state index contributed by atoms with van der Waals surface area (Å²) < 4.78 is 12.0. The lowest BCUT2D eigenvalue weighted by Crippen LogP contribution is -2.42. The lowest BCUT2D eigenvalue weighted by molar-refractivity contribution is -0.128. The van der Waals surface area contributed by atoms with Crippen LogP contribution in [0.4, 0.5) is 0 Å². The molecule has 0 saturated heterocycles. The van der Waals surface area contributed by atoms with E-state index in [9.17, 15) is 4.79 Å². The molecule has 6 heteroatoms. The van der Waals surface area contributed by atoms with Crippen LogP contribution in [0.1, 0.15) is 39.0 Å². The Morgan fingerprint density at radius 1 is 1.07 bits per heavy atom. The highest BCUT2D eigenvalue weighted by Gasteiger charge is 2.25. The fourth-order valence-corrected chi connectivity index (χ4v) is 3.62. The van der Waals surface area contributed by atoms with Crippen LogP contribution in [0, 0.1) is 0 Å². The Balaban J connectivity index is 1.53. The first kappa shape index (κ1) is 19.2. The smallest absolute Gasteiger partial charge is 0.261 e. The zero-order valence-electron chi connectivity index (χ0n) is 16.5. The number of hydrogen-bond donors (Lipinski definition) is 1. The van der Waals surface area contributed by atoms with Gasteiger partial charge in [0.25, 0.3) is 11.8 Å². The molecule has 0 aliphatic heterocycles. The minimum atomic E-state index is -0.562. The van der Waals surface area contributed by atoms with Crippen LogP contribution in [-0.2, 0) is 4.79 Å². The van der Waals surface area contributed by atoms with Crippen molar-refractivity contribution in [3.63, 3.8) is 0 Å². The molecule has 6 nitrogen and oxygen atoms in total. The molecule has 0 bridgehead atoms. The third kappa shape index (κ3) is 4.47. The van der Waals surface area contributed by atoms with E-state index in [1.54, 1.807) is 0 Å². The van der Waals surface area contributed by atoms with Crippen LogP contribution < -0.4 is 10.1 Å².